The SMILES string of the molecule is C=CCN1CC(=O)N2[C@@H](Cc3cccc(C)c3)C(=O)N(Cc3cccc4cn[nH]c34)C[C@@H]2N1C(=O)NCc1ccccc1. The number of aryl methyl sites for hydroxylation is 1. The lowest BCUT2D eigenvalue weighted by atomic mass is 9.97. The summed E-state index contributed by atoms with van der Waals surface area (Å²) in [7, 11) is 0. The molecular formula is C33H35N7O3. The molecule has 2 saturated heterocycles. The third kappa shape index (κ3) is 5.74. The lowest BCUT2D eigenvalue weighted by Crippen LogP contribution is -2.76. The molecule has 10 nitrogen and oxygen atoms in total. The number of carbonyl (C=O) groups excluding carboxylic acids is 3. The number of para-hydroxylation sites is 1. The highest BCUT2D eigenvalue weighted by molar-refractivity contribution is 5.92. The fourth-order valence-electron chi connectivity index (χ4n) is 6.13. The highest BCUT2D eigenvalue weighted by Crippen LogP contribution is 2.30. The number of benzene rings is 3. The van der Waals surface area contributed by atoms with Crippen molar-refractivity contribution in [3.05, 3.63) is 114 Å². The van der Waals surface area contributed by atoms with E-state index < -0.39 is 12.2 Å². The average Bonchev–Trinajstić information content (AvgIpc) is 3.49. The van der Waals surface area contributed by atoms with Gasteiger partial charge in [0.05, 0.1) is 24.8 Å². The molecule has 220 valence electrons. The summed E-state index contributed by atoms with van der Waals surface area (Å²) in [4.78, 5) is 45.3. The number of carbonyl (C=O) groups is 3. The number of nitrogens with zero attached hydrogens (tertiary/aromatic N) is 5. The third-order valence-electron chi connectivity index (χ3n) is 8.10. The van der Waals surface area contributed by atoms with Crippen LogP contribution in [0.25, 0.3) is 10.9 Å². The Bertz CT molecular complexity index is 1650. The van der Waals surface area contributed by atoms with E-state index in [4.69, 9.17) is 0 Å². The lowest BCUT2D eigenvalue weighted by molar-refractivity contribution is -0.189. The minimum atomic E-state index is -0.774. The predicted molar refractivity (Wildman–Crippen MR) is 163 cm³/mol. The highest BCUT2D eigenvalue weighted by Gasteiger charge is 2.51. The standard InChI is InChI=1S/C33H35N7O3/c1-3-15-38-22-30(41)39-28(17-25-12-7-9-23(2)16-25)32(42)37(20-27-14-8-13-26-19-35-36-31(26)27)21-29(39)40(38)33(43)34-18-24-10-5-4-6-11-24/h3-14,16,19,28-29H,1,15,17-18,20-22H2,2H3,(H,34,43)(H,35,36)/t28-,29-/m0/s1. The van der Waals surface area contributed by atoms with Gasteiger partial charge in [0.2, 0.25) is 11.8 Å². The zero-order valence-electron chi connectivity index (χ0n) is 24.1. The number of H-pyrrole nitrogens is 1. The molecule has 0 spiro atoms. The van der Waals surface area contributed by atoms with Gasteiger partial charge in [-0.05, 0) is 23.6 Å². The van der Waals surface area contributed by atoms with Crippen LogP contribution in [0.2, 0.25) is 0 Å². The van der Waals surface area contributed by atoms with Crippen LogP contribution in [-0.4, -0.2) is 79.7 Å². The number of amides is 4. The van der Waals surface area contributed by atoms with Gasteiger partial charge in [-0.2, -0.15) is 5.10 Å². The van der Waals surface area contributed by atoms with Gasteiger partial charge in [0.1, 0.15) is 12.2 Å². The Hall–Kier alpha value is -4.96. The number of hydrazine groups is 1. The molecule has 4 amide bonds. The van der Waals surface area contributed by atoms with Crippen LogP contribution in [0, 0.1) is 6.92 Å². The molecule has 2 aliphatic rings. The normalized spacial score (nSPS) is 19.0. The van der Waals surface area contributed by atoms with E-state index in [1.165, 1.54) is 0 Å². The molecular weight excluding hydrogens is 542 g/mol. The molecule has 2 fully saturated rings. The number of piperazine rings is 1. The van der Waals surface area contributed by atoms with Crippen molar-refractivity contribution in [2.45, 2.75) is 38.6 Å². The molecule has 3 aromatic carbocycles. The van der Waals surface area contributed by atoms with E-state index in [9.17, 15) is 14.4 Å². The van der Waals surface area contributed by atoms with Gasteiger partial charge in [0.15, 0.2) is 0 Å². The zero-order chi connectivity index (χ0) is 29.9. The minimum absolute atomic E-state index is 0.0354. The molecule has 43 heavy (non-hydrogen) atoms. The van der Waals surface area contributed by atoms with Crippen LogP contribution in [0.5, 0.6) is 0 Å². The molecule has 3 heterocycles. The molecule has 0 bridgehead atoms. The molecule has 0 unspecified atom stereocenters. The van der Waals surface area contributed by atoms with E-state index in [1.807, 2.05) is 79.7 Å². The maximum Gasteiger partial charge on any atom is 0.334 e. The Kier molecular flexibility index (Phi) is 7.93. The maximum absolute atomic E-state index is 14.2. The fourth-order valence-corrected chi connectivity index (χ4v) is 6.13. The second-order valence-corrected chi connectivity index (χ2v) is 11.1. The third-order valence-corrected chi connectivity index (χ3v) is 8.10. The van der Waals surface area contributed by atoms with E-state index in [0.717, 1.165) is 33.2 Å². The van der Waals surface area contributed by atoms with Gasteiger partial charge in [-0.3, -0.25) is 14.7 Å². The van der Waals surface area contributed by atoms with E-state index >= 15 is 0 Å². The summed E-state index contributed by atoms with van der Waals surface area (Å²) in [6.07, 6.45) is 3.07. The summed E-state index contributed by atoms with van der Waals surface area (Å²) in [6.45, 7) is 6.93. The molecule has 10 heteroatoms. The molecule has 6 rings (SSSR count). The van der Waals surface area contributed by atoms with Gasteiger partial charge in [-0.25, -0.2) is 14.8 Å². The summed E-state index contributed by atoms with van der Waals surface area (Å²) in [5, 5.41) is 14.5. The number of hydrogen-bond donors (Lipinski definition) is 2. The lowest BCUT2D eigenvalue weighted by Gasteiger charge is -2.55. The fraction of sp³-hybridized carbons (Fsp3) is 0.273. The average molecular weight is 578 g/mol. The van der Waals surface area contributed by atoms with Gasteiger partial charge in [0, 0.05) is 31.4 Å². The molecule has 2 atom stereocenters. The summed E-state index contributed by atoms with van der Waals surface area (Å²) < 4.78 is 0. The molecule has 1 aromatic heterocycles. The highest BCUT2D eigenvalue weighted by atomic mass is 16.2. The predicted octanol–water partition coefficient (Wildman–Crippen LogP) is 3.61. The first-order valence-electron chi connectivity index (χ1n) is 14.5. The van der Waals surface area contributed by atoms with Crippen molar-refractivity contribution in [1.29, 1.82) is 0 Å². The van der Waals surface area contributed by atoms with Gasteiger partial charge in [-0.15, -0.1) is 6.58 Å². The Morgan fingerprint density at radius 1 is 1.07 bits per heavy atom. The monoisotopic (exact) mass is 577 g/mol. The summed E-state index contributed by atoms with van der Waals surface area (Å²) in [6, 6.07) is 22.4. The first-order valence-corrected chi connectivity index (χ1v) is 14.5. The van der Waals surface area contributed by atoms with Gasteiger partial charge < -0.3 is 15.1 Å². The number of aromatic amines is 1. The van der Waals surface area contributed by atoms with Crippen molar-refractivity contribution in [3.8, 4) is 0 Å². The van der Waals surface area contributed by atoms with Crippen LogP contribution in [0.3, 0.4) is 0 Å². The zero-order valence-corrected chi connectivity index (χ0v) is 24.1. The van der Waals surface area contributed by atoms with Crippen LogP contribution in [0.4, 0.5) is 4.79 Å². The molecule has 2 aliphatic heterocycles. The molecule has 0 radical (unpaired) electrons. The quantitative estimate of drug-likeness (QED) is 0.312. The van der Waals surface area contributed by atoms with Crippen LogP contribution in [0.15, 0.2) is 91.6 Å². The van der Waals surface area contributed by atoms with Crippen molar-refractivity contribution in [1.82, 2.24) is 35.3 Å². The molecule has 2 N–H and O–H groups in total. The second kappa shape index (κ2) is 12.1. The topological polar surface area (TPSA) is 105 Å². The van der Waals surface area contributed by atoms with Gasteiger partial charge in [-0.1, -0.05) is 84.4 Å². The number of urea groups is 1. The minimum Gasteiger partial charge on any atom is -0.333 e. The summed E-state index contributed by atoms with van der Waals surface area (Å²) in [5.74, 6) is -0.343. The second-order valence-electron chi connectivity index (χ2n) is 11.1. The Morgan fingerprint density at radius 3 is 2.65 bits per heavy atom. The van der Waals surface area contributed by atoms with Crippen molar-refractivity contribution in [2.24, 2.45) is 0 Å². The number of fused-ring (bicyclic) bond motifs is 2. The largest absolute Gasteiger partial charge is 0.334 e. The maximum atomic E-state index is 14.2. The number of hydrogen-bond acceptors (Lipinski definition) is 5. The van der Waals surface area contributed by atoms with Crippen LogP contribution in [0.1, 0.15) is 22.3 Å². The van der Waals surface area contributed by atoms with E-state index in [1.54, 1.807) is 32.1 Å². The molecule has 0 aliphatic carbocycles. The van der Waals surface area contributed by atoms with Crippen LogP contribution >= 0.6 is 0 Å². The number of aromatic nitrogens is 2. The van der Waals surface area contributed by atoms with E-state index in [-0.39, 0.29) is 30.9 Å². The Morgan fingerprint density at radius 2 is 1.86 bits per heavy atom. The summed E-state index contributed by atoms with van der Waals surface area (Å²) >= 11 is 0. The van der Waals surface area contributed by atoms with Crippen molar-refractivity contribution < 1.29 is 14.4 Å². The summed E-state index contributed by atoms with van der Waals surface area (Å²) in [5.41, 5.74) is 4.76. The number of nitrogens with one attached hydrogen (secondary N) is 2. The smallest absolute Gasteiger partial charge is 0.333 e. The molecule has 4 aromatic rings. The van der Waals surface area contributed by atoms with Crippen molar-refractivity contribution in [3.63, 3.8) is 0 Å². The number of rotatable bonds is 8. The van der Waals surface area contributed by atoms with Crippen molar-refractivity contribution >= 4 is 28.7 Å². The van der Waals surface area contributed by atoms with Gasteiger partial charge in [0.25, 0.3) is 0 Å². The van der Waals surface area contributed by atoms with Crippen molar-refractivity contribution in [2.75, 3.05) is 19.6 Å². The Balaban J connectivity index is 1.37. The van der Waals surface area contributed by atoms with Crippen LogP contribution < -0.4 is 5.32 Å². The first-order chi connectivity index (χ1) is 20.9. The van der Waals surface area contributed by atoms with E-state index in [0.29, 0.717) is 26.1 Å². The molecule has 0 saturated carbocycles. The van der Waals surface area contributed by atoms with Gasteiger partial charge >= 0.3 is 6.03 Å². The first kappa shape index (κ1) is 28.2. The van der Waals surface area contributed by atoms with Crippen LogP contribution in [-0.2, 0) is 29.1 Å². The Labute approximate surface area is 250 Å². The van der Waals surface area contributed by atoms with E-state index in [2.05, 4.69) is 22.1 Å².